The summed E-state index contributed by atoms with van der Waals surface area (Å²) in [6.07, 6.45) is 4.32. The molecule has 1 aliphatic rings. The number of nitrogens with zero attached hydrogens (tertiary/aromatic N) is 1. The van der Waals surface area contributed by atoms with Crippen LogP contribution >= 0.6 is 15.9 Å². The molecule has 0 unspecified atom stereocenters. The van der Waals surface area contributed by atoms with Crippen molar-refractivity contribution in [3.63, 3.8) is 0 Å². The van der Waals surface area contributed by atoms with Crippen LogP contribution in [-0.2, 0) is 0 Å². The van der Waals surface area contributed by atoms with Gasteiger partial charge in [-0.05, 0) is 11.6 Å². The first kappa shape index (κ1) is 7.36. The Kier molecular flexibility index (Phi) is 2.52. The summed E-state index contributed by atoms with van der Waals surface area (Å²) in [4.78, 5) is 0. The van der Waals surface area contributed by atoms with E-state index in [1.807, 2.05) is 12.3 Å². The van der Waals surface area contributed by atoms with E-state index in [0.717, 1.165) is 16.6 Å². The lowest BCUT2D eigenvalue weighted by Gasteiger charge is -2.07. The molecule has 10 heavy (non-hydrogen) atoms. The fourth-order valence-electron chi connectivity index (χ4n) is 0.767. The smallest absolute Gasteiger partial charge is 0.0670 e. The zero-order chi connectivity index (χ0) is 7.40. The molecule has 0 bridgehead atoms. The number of nitriles is 1. The molecule has 0 spiro atoms. The predicted octanol–water partition coefficient (Wildman–Crippen LogP) is 1.67. The Balaban J connectivity index is 2.62. The molecule has 0 aliphatic carbocycles. The van der Waals surface area contributed by atoms with E-state index in [4.69, 9.17) is 5.26 Å². The van der Waals surface area contributed by atoms with Gasteiger partial charge >= 0.3 is 0 Å². The third kappa shape index (κ3) is 1.89. The van der Waals surface area contributed by atoms with Crippen molar-refractivity contribution < 1.29 is 0 Å². The fourth-order valence-corrected chi connectivity index (χ4v) is 1.22. The number of rotatable bonds is 1. The highest BCUT2D eigenvalue weighted by Crippen LogP contribution is 2.13. The van der Waals surface area contributed by atoms with Crippen molar-refractivity contribution in [3.8, 4) is 6.07 Å². The second-order valence-electron chi connectivity index (χ2n) is 2.03. The lowest BCUT2D eigenvalue weighted by Crippen LogP contribution is -2.11. The molecule has 1 aliphatic heterocycles. The average molecular weight is 199 g/mol. The Bertz CT molecular complexity index is 222. The van der Waals surface area contributed by atoms with Gasteiger partial charge in [-0.15, -0.1) is 0 Å². The van der Waals surface area contributed by atoms with E-state index in [1.54, 1.807) is 0 Å². The average Bonchev–Trinajstić information content (AvgIpc) is 1.88. The first-order valence-corrected chi connectivity index (χ1v) is 3.77. The molecule has 0 amide bonds. The molecule has 2 nitrogen and oxygen atoms in total. The van der Waals surface area contributed by atoms with Crippen LogP contribution in [0, 0.1) is 11.3 Å². The molecule has 0 saturated carbocycles. The molecule has 3 heteroatoms. The minimum atomic E-state index is 0.474. The summed E-state index contributed by atoms with van der Waals surface area (Å²) in [7, 11) is 0. The highest BCUT2D eigenvalue weighted by Gasteiger charge is 2.00. The van der Waals surface area contributed by atoms with Gasteiger partial charge in [-0.1, -0.05) is 15.9 Å². The van der Waals surface area contributed by atoms with Crippen molar-refractivity contribution in [1.82, 2.24) is 5.32 Å². The fraction of sp³-hybridized carbons (Fsp3) is 0.286. The van der Waals surface area contributed by atoms with Crippen LogP contribution in [0.15, 0.2) is 22.3 Å². The zero-order valence-electron chi connectivity index (χ0n) is 5.39. The maximum absolute atomic E-state index is 8.34. The molecule has 0 fully saturated rings. The van der Waals surface area contributed by atoms with Gasteiger partial charge < -0.3 is 5.32 Å². The van der Waals surface area contributed by atoms with Crippen LogP contribution in [0.5, 0.6) is 0 Å². The van der Waals surface area contributed by atoms with Gasteiger partial charge in [-0.3, -0.25) is 0 Å². The Hall–Kier alpha value is -0.750. The third-order valence-corrected chi connectivity index (χ3v) is 1.69. The number of dihydropyridines is 1. The van der Waals surface area contributed by atoms with Gasteiger partial charge in [0.15, 0.2) is 0 Å². The minimum Gasteiger partial charge on any atom is -0.386 e. The molecule has 0 radical (unpaired) electrons. The second kappa shape index (κ2) is 3.43. The summed E-state index contributed by atoms with van der Waals surface area (Å²) in [6, 6.07) is 2.08. The van der Waals surface area contributed by atoms with Gasteiger partial charge in [-0.2, -0.15) is 5.26 Å². The van der Waals surface area contributed by atoms with Crippen LogP contribution in [0.2, 0.25) is 0 Å². The maximum atomic E-state index is 8.34. The third-order valence-electron chi connectivity index (χ3n) is 1.18. The van der Waals surface area contributed by atoms with Gasteiger partial charge in [0.25, 0.3) is 0 Å². The molecular weight excluding hydrogens is 192 g/mol. The number of halogens is 1. The van der Waals surface area contributed by atoms with E-state index >= 15 is 0 Å². The van der Waals surface area contributed by atoms with E-state index in [0.29, 0.717) is 6.42 Å². The van der Waals surface area contributed by atoms with Crippen molar-refractivity contribution in [2.24, 2.45) is 0 Å². The van der Waals surface area contributed by atoms with Crippen LogP contribution in [0.4, 0.5) is 0 Å². The summed E-state index contributed by atoms with van der Waals surface area (Å²) in [5.74, 6) is 0. The number of hydrogen-bond acceptors (Lipinski definition) is 2. The first-order chi connectivity index (χ1) is 4.83. The number of allylic oxidation sites excluding steroid dienone is 2. The Morgan fingerprint density at radius 3 is 3.20 bits per heavy atom. The van der Waals surface area contributed by atoms with E-state index in [-0.39, 0.29) is 0 Å². The van der Waals surface area contributed by atoms with E-state index in [1.165, 1.54) is 0 Å². The van der Waals surface area contributed by atoms with Gasteiger partial charge in [-0.25, -0.2) is 0 Å². The first-order valence-electron chi connectivity index (χ1n) is 2.98. The van der Waals surface area contributed by atoms with Gasteiger partial charge in [0, 0.05) is 17.2 Å². The Labute approximate surface area is 68.4 Å². The van der Waals surface area contributed by atoms with Crippen molar-refractivity contribution in [2.75, 3.05) is 6.54 Å². The molecule has 0 aromatic rings. The SMILES string of the molecule is N#CCC1=CNCC(Br)=C1. The molecule has 0 saturated heterocycles. The maximum Gasteiger partial charge on any atom is 0.0670 e. The lowest BCUT2D eigenvalue weighted by molar-refractivity contribution is 0.937. The van der Waals surface area contributed by atoms with Crippen molar-refractivity contribution in [1.29, 1.82) is 5.26 Å². The van der Waals surface area contributed by atoms with Gasteiger partial charge in [0.05, 0.1) is 12.5 Å². The summed E-state index contributed by atoms with van der Waals surface area (Å²) in [6.45, 7) is 0.828. The predicted molar refractivity (Wildman–Crippen MR) is 43.3 cm³/mol. The van der Waals surface area contributed by atoms with Crippen LogP contribution in [0.25, 0.3) is 0 Å². The molecule has 52 valence electrons. The van der Waals surface area contributed by atoms with Crippen LogP contribution < -0.4 is 5.32 Å². The summed E-state index contributed by atoms with van der Waals surface area (Å²) >= 11 is 3.35. The highest BCUT2D eigenvalue weighted by molar-refractivity contribution is 9.11. The quantitative estimate of drug-likeness (QED) is 0.697. The summed E-state index contributed by atoms with van der Waals surface area (Å²) < 4.78 is 1.10. The number of nitrogens with one attached hydrogen (secondary N) is 1. The molecule has 0 aromatic carbocycles. The minimum absolute atomic E-state index is 0.474. The highest BCUT2D eigenvalue weighted by atomic mass is 79.9. The summed E-state index contributed by atoms with van der Waals surface area (Å²) in [5, 5.41) is 11.4. The van der Waals surface area contributed by atoms with Crippen molar-refractivity contribution in [3.05, 3.63) is 22.3 Å². The second-order valence-corrected chi connectivity index (χ2v) is 3.04. The monoisotopic (exact) mass is 198 g/mol. The molecule has 1 N–H and O–H groups in total. The standard InChI is InChI=1S/C7H7BrN2/c8-7-3-6(1-2-9)4-10-5-7/h3-4,10H,1,5H2. The normalized spacial score (nSPS) is 16.4. The molecule has 1 rings (SSSR count). The van der Waals surface area contributed by atoms with Crippen LogP contribution in [0.1, 0.15) is 6.42 Å². The van der Waals surface area contributed by atoms with Gasteiger partial charge in [0.2, 0.25) is 0 Å². The largest absolute Gasteiger partial charge is 0.386 e. The summed E-state index contributed by atoms with van der Waals surface area (Å²) in [5.41, 5.74) is 1.03. The topological polar surface area (TPSA) is 35.8 Å². The molecule has 1 heterocycles. The Morgan fingerprint density at radius 2 is 2.60 bits per heavy atom. The van der Waals surface area contributed by atoms with E-state index in [2.05, 4.69) is 27.3 Å². The van der Waals surface area contributed by atoms with Crippen molar-refractivity contribution in [2.45, 2.75) is 6.42 Å². The zero-order valence-corrected chi connectivity index (χ0v) is 6.98. The van der Waals surface area contributed by atoms with E-state index in [9.17, 15) is 0 Å². The van der Waals surface area contributed by atoms with Crippen molar-refractivity contribution >= 4 is 15.9 Å². The molecule has 0 aromatic heterocycles. The van der Waals surface area contributed by atoms with E-state index < -0.39 is 0 Å². The molecule has 0 atom stereocenters. The number of hydrogen-bond donors (Lipinski definition) is 1. The lowest BCUT2D eigenvalue weighted by atomic mass is 10.2. The van der Waals surface area contributed by atoms with Gasteiger partial charge in [0.1, 0.15) is 0 Å². The molecular formula is C7H7BrN2. The Morgan fingerprint density at radius 1 is 1.80 bits per heavy atom. The van der Waals surface area contributed by atoms with Crippen LogP contribution in [-0.4, -0.2) is 6.54 Å². The van der Waals surface area contributed by atoms with Crippen LogP contribution in [0.3, 0.4) is 0 Å².